The summed E-state index contributed by atoms with van der Waals surface area (Å²) in [6, 6.07) is 11.1. The van der Waals surface area contributed by atoms with E-state index in [-0.39, 0.29) is 5.91 Å². The summed E-state index contributed by atoms with van der Waals surface area (Å²) in [7, 11) is 0. The molecule has 6 heteroatoms. The summed E-state index contributed by atoms with van der Waals surface area (Å²) in [5.74, 6) is 1.09. The standard InChI is InChI=1S/C20H21N3O3/c1-14-18(15(2)26-23-14)13-25-19-8-4-3-7-17(19)20(24)22-11-9-16-6-5-10-21-12-16/h3-8,10,12H,9,11,13H2,1-2H3,(H,22,24). The highest BCUT2D eigenvalue weighted by molar-refractivity contribution is 5.96. The molecule has 1 amide bonds. The Kier molecular flexibility index (Phi) is 5.63. The maximum absolute atomic E-state index is 12.5. The van der Waals surface area contributed by atoms with Crippen LogP contribution in [0.1, 0.15) is 32.9 Å². The number of carbonyl (C=O) groups excluding carboxylic acids is 1. The largest absolute Gasteiger partial charge is 0.488 e. The third kappa shape index (κ3) is 4.27. The van der Waals surface area contributed by atoms with E-state index >= 15 is 0 Å². The summed E-state index contributed by atoms with van der Waals surface area (Å²) < 4.78 is 11.0. The van der Waals surface area contributed by atoms with Gasteiger partial charge in [0, 0.05) is 18.9 Å². The molecule has 0 radical (unpaired) electrons. The van der Waals surface area contributed by atoms with Crippen molar-refractivity contribution in [3.8, 4) is 5.75 Å². The van der Waals surface area contributed by atoms with E-state index < -0.39 is 0 Å². The van der Waals surface area contributed by atoms with E-state index in [1.54, 1.807) is 24.5 Å². The summed E-state index contributed by atoms with van der Waals surface area (Å²) >= 11 is 0. The Balaban J connectivity index is 1.61. The van der Waals surface area contributed by atoms with Crippen molar-refractivity contribution in [3.05, 3.63) is 76.9 Å². The molecule has 0 bridgehead atoms. The van der Waals surface area contributed by atoms with Crippen LogP contribution in [0.2, 0.25) is 0 Å². The number of hydrogen-bond acceptors (Lipinski definition) is 5. The first-order valence-corrected chi connectivity index (χ1v) is 8.46. The van der Waals surface area contributed by atoms with Gasteiger partial charge in [-0.05, 0) is 44.0 Å². The van der Waals surface area contributed by atoms with Crippen LogP contribution in [0.4, 0.5) is 0 Å². The molecule has 0 aliphatic heterocycles. The zero-order valence-electron chi connectivity index (χ0n) is 14.9. The van der Waals surface area contributed by atoms with Gasteiger partial charge in [-0.3, -0.25) is 9.78 Å². The lowest BCUT2D eigenvalue weighted by Gasteiger charge is -2.11. The van der Waals surface area contributed by atoms with Crippen LogP contribution in [0.3, 0.4) is 0 Å². The minimum Gasteiger partial charge on any atom is -0.488 e. The first kappa shape index (κ1) is 17.7. The van der Waals surface area contributed by atoms with E-state index in [9.17, 15) is 4.79 Å². The van der Waals surface area contributed by atoms with Crippen molar-refractivity contribution >= 4 is 5.91 Å². The average Bonchev–Trinajstić information content (AvgIpc) is 2.99. The van der Waals surface area contributed by atoms with Crippen LogP contribution in [-0.4, -0.2) is 22.6 Å². The topological polar surface area (TPSA) is 77.2 Å². The normalized spacial score (nSPS) is 10.5. The fourth-order valence-corrected chi connectivity index (χ4v) is 2.60. The molecule has 0 atom stereocenters. The molecule has 0 aliphatic carbocycles. The molecule has 2 aromatic heterocycles. The zero-order chi connectivity index (χ0) is 18.4. The number of hydrogen-bond donors (Lipinski definition) is 1. The number of amides is 1. The second-order valence-corrected chi connectivity index (χ2v) is 5.95. The highest BCUT2D eigenvalue weighted by atomic mass is 16.5. The summed E-state index contributed by atoms with van der Waals surface area (Å²) in [5.41, 5.74) is 3.28. The number of ether oxygens (including phenoxy) is 1. The lowest BCUT2D eigenvalue weighted by Crippen LogP contribution is -2.26. The molecule has 1 N–H and O–H groups in total. The quantitative estimate of drug-likeness (QED) is 0.707. The van der Waals surface area contributed by atoms with E-state index in [1.807, 2.05) is 38.1 Å². The van der Waals surface area contributed by atoms with Crippen LogP contribution in [0, 0.1) is 13.8 Å². The van der Waals surface area contributed by atoms with Gasteiger partial charge in [0.05, 0.1) is 16.8 Å². The Morgan fingerprint density at radius 2 is 2.04 bits per heavy atom. The minimum absolute atomic E-state index is 0.164. The fourth-order valence-electron chi connectivity index (χ4n) is 2.60. The maximum Gasteiger partial charge on any atom is 0.255 e. The molecule has 2 heterocycles. The van der Waals surface area contributed by atoms with Gasteiger partial charge in [-0.15, -0.1) is 0 Å². The lowest BCUT2D eigenvalue weighted by atomic mass is 10.1. The van der Waals surface area contributed by atoms with Gasteiger partial charge in [0.25, 0.3) is 5.91 Å². The Labute approximate surface area is 152 Å². The highest BCUT2D eigenvalue weighted by Crippen LogP contribution is 2.21. The molecule has 1 aromatic carbocycles. The van der Waals surface area contributed by atoms with Gasteiger partial charge in [0.1, 0.15) is 18.1 Å². The van der Waals surface area contributed by atoms with Gasteiger partial charge in [0.2, 0.25) is 0 Å². The van der Waals surface area contributed by atoms with Gasteiger partial charge in [-0.2, -0.15) is 0 Å². The third-order valence-electron chi connectivity index (χ3n) is 4.11. The zero-order valence-corrected chi connectivity index (χ0v) is 14.9. The predicted molar refractivity (Wildman–Crippen MR) is 97.0 cm³/mol. The van der Waals surface area contributed by atoms with E-state index in [4.69, 9.17) is 9.26 Å². The van der Waals surface area contributed by atoms with E-state index in [0.29, 0.717) is 24.5 Å². The van der Waals surface area contributed by atoms with Crippen molar-refractivity contribution in [1.29, 1.82) is 0 Å². The SMILES string of the molecule is Cc1noc(C)c1COc1ccccc1C(=O)NCCc1cccnc1. The van der Waals surface area contributed by atoms with Gasteiger partial charge in [-0.1, -0.05) is 23.4 Å². The molecule has 134 valence electrons. The molecular weight excluding hydrogens is 330 g/mol. The monoisotopic (exact) mass is 351 g/mol. The van der Waals surface area contributed by atoms with Crippen molar-refractivity contribution in [1.82, 2.24) is 15.5 Å². The number of para-hydroxylation sites is 1. The molecule has 0 saturated heterocycles. The van der Waals surface area contributed by atoms with Crippen LogP contribution >= 0.6 is 0 Å². The molecule has 0 aliphatic rings. The van der Waals surface area contributed by atoms with Crippen LogP contribution in [-0.2, 0) is 13.0 Å². The molecule has 0 spiro atoms. The number of aromatic nitrogens is 2. The van der Waals surface area contributed by atoms with Crippen molar-refractivity contribution in [2.75, 3.05) is 6.54 Å². The van der Waals surface area contributed by atoms with Crippen molar-refractivity contribution in [2.24, 2.45) is 0 Å². The second kappa shape index (κ2) is 8.29. The van der Waals surface area contributed by atoms with Crippen LogP contribution in [0.25, 0.3) is 0 Å². The molecule has 0 fully saturated rings. The van der Waals surface area contributed by atoms with Gasteiger partial charge in [0.15, 0.2) is 0 Å². The van der Waals surface area contributed by atoms with Crippen LogP contribution in [0.5, 0.6) is 5.75 Å². The highest BCUT2D eigenvalue weighted by Gasteiger charge is 2.14. The van der Waals surface area contributed by atoms with Gasteiger partial charge < -0.3 is 14.6 Å². The predicted octanol–water partition coefficient (Wildman–Crippen LogP) is 3.24. The molecule has 3 aromatic rings. The summed E-state index contributed by atoms with van der Waals surface area (Å²) in [4.78, 5) is 16.6. The molecule has 0 saturated carbocycles. The Morgan fingerprint density at radius 3 is 2.77 bits per heavy atom. The summed E-state index contributed by atoms with van der Waals surface area (Å²) in [6.45, 7) is 4.55. The third-order valence-corrected chi connectivity index (χ3v) is 4.11. The number of aryl methyl sites for hydroxylation is 2. The lowest BCUT2D eigenvalue weighted by molar-refractivity contribution is 0.0949. The molecule has 6 nitrogen and oxygen atoms in total. The van der Waals surface area contributed by atoms with E-state index in [0.717, 1.165) is 29.0 Å². The molecule has 0 unspecified atom stereocenters. The second-order valence-electron chi connectivity index (χ2n) is 5.95. The number of benzene rings is 1. The average molecular weight is 351 g/mol. The number of rotatable bonds is 7. The summed E-state index contributed by atoms with van der Waals surface area (Å²) in [5, 5.41) is 6.84. The van der Waals surface area contributed by atoms with Gasteiger partial charge >= 0.3 is 0 Å². The fraction of sp³-hybridized carbons (Fsp3) is 0.250. The Morgan fingerprint density at radius 1 is 1.19 bits per heavy atom. The molecule has 26 heavy (non-hydrogen) atoms. The van der Waals surface area contributed by atoms with Crippen molar-refractivity contribution < 1.29 is 14.1 Å². The molecule has 3 rings (SSSR count). The summed E-state index contributed by atoms with van der Waals surface area (Å²) in [6.07, 6.45) is 4.25. The number of nitrogens with one attached hydrogen (secondary N) is 1. The van der Waals surface area contributed by atoms with Crippen LogP contribution < -0.4 is 10.1 Å². The van der Waals surface area contributed by atoms with Crippen molar-refractivity contribution in [3.63, 3.8) is 0 Å². The van der Waals surface area contributed by atoms with Crippen LogP contribution in [0.15, 0.2) is 53.3 Å². The Bertz CT molecular complexity index is 856. The smallest absolute Gasteiger partial charge is 0.255 e. The molecular formula is C20H21N3O3. The maximum atomic E-state index is 12.5. The first-order chi connectivity index (χ1) is 12.6. The number of pyridine rings is 1. The van der Waals surface area contributed by atoms with E-state index in [2.05, 4.69) is 15.5 Å². The minimum atomic E-state index is -0.164. The van der Waals surface area contributed by atoms with Crippen molar-refractivity contribution in [2.45, 2.75) is 26.9 Å². The Hall–Kier alpha value is -3.15. The first-order valence-electron chi connectivity index (χ1n) is 8.46. The number of nitrogens with zero attached hydrogens (tertiary/aromatic N) is 2. The van der Waals surface area contributed by atoms with Gasteiger partial charge in [-0.25, -0.2) is 0 Å². The van der Waals surface area contributed by atoms with E-state index in [1.165, 1.54) is 0 Å². The number of carbonyl (C=O) groups is 1.